The van der Waals surface area contributed by atoms with E-state index in [2.05, 4.69) is 4.99 Å². The average molecular weight is 177 g/mol. The van der Waals surface area contributed by atoms with Crippen molar-refractivity contribution in [2.45, 2.75) is 13.3 Å². The average Bonchev–Trinajstić information content (AvgIpc) is 2.09. The maximum Gasteiger partial charge on any atom is 0.158 e. The second kappa shape index (κ2) is 2.76. The van der Waals surface area contributed by atoms with Crippen LogP contribution in [0.15, 0.2) is 17.1 Å². The zero-order chi connectivity index (χ0) is 9.42. The molecule has 0 amide bonds. The number of benzene rings is 1. The third kappa shape index (κ3) is 1.26. The number of hydrogen-bond donors (Lipinski definition) is 2. The lowest BCUT2D eigenvalue weighted by atomic mass is 9.98. The van der Waals surface area contributed by atoms with E-state index in [1.54, 1.807) is 12.1 Å². The number of nitrogens with zero attached hydrogens (tertiary/aromatic N) is 1. The van der Waals surface area contributed by atoms with Crippen LogP contribution in [0.4, 0.5) is 0 Å². The number of aromatic hydroxyl groups is 2. The topological polar surface area (TPSA) is 52.8 Å². The van der Waals surface area contributed by atoms with E-state index in [-0.39, 0.29) is 11.5 Å². The summed E-state index contributed by atoms with van der Waals surface area (Å²) < 4.78 is 0. The molecule has 13 heavy (non-hydrogen) atoms. The predicted octanol–water partition coefficient (Wildman–Crippen LogP) is 1.46. The molecule has 0 unspecified atom stereocenters. The number of hydrogen-bond acceptors (Lipinski definition) is 3. The highest BCUT2D eigenvalue weighted by Crippen LogP contribution is 2.30. The Kier molecular flexibility index (Phi) is 1.72. The minimum Gasteiger partial charge on any atom is -0.504 e. The molecule has 0 saturated carbocycles. The maximum absolute atomic E-state index is 9.29. The Morgan fingerprint density at radius 3 is 2.69 bits per heavy atom. The summed E-state index contributed by atoms with van der Waals surface area (Å²) in [5, 5.41) is 18.6. The molecule has 0 fully saturated rings. The Morgan fingerprint density at radius 1 is 1.23 bits per heavy atom. The van der Waals surface area contributed by atoms with Crippen LogP contribution in [0.25, 0.3) is 0 Å². The zero-order valence-electron chi connectivity index (χ0n) is 7.41. The van der Waals surface area contributed by atoms with Gasteiger partial charge in [0.2, 0.25) is 0 Å². The largest absolute Gasteiger partial charge is 0.504 e. The molecule has 1 heterocycles. The normalized spacial score (nSPS) is 15.0. The van der Waals surface area contributed by atoms with Crippen LogP contribution >= 0.6 is 0 Å². The van der Waals surface area contributed by atoms with Crippen LogP contribution in [-0.4, -0.2) is 22.5 Å². The summed E-state index contributed by atoms with van der Waals surface area (Å²) in [4.78, 5) is 4.27. The molecule has 1 aromatic rings. The fourth-order valence-electron chi connectivity index (χ4n) is 1.59. The van der Waals surface area contributed by atoms with Crippen molar-refractivity contribution in [1.29, 1.82) is 0 Å². The van der Waals surface area contributed by atoms with Gasteiger partial charge in [-0.25, -0.2) is 0 Å². The van der Waals surface area contributed by atoms with E-state index < -0.39 is 0 Å². The first-order valence-corrected chi connectivity index (χ1v) is 4.25. The van der Waals surface area contributed by atoms with Gasteiger partial charge in [0.1, 0.15) is 0 Å². The molecule has 1 aliphatic heterocycles. The molecule has 0 aliphatic carbocycles. The number of aliphatic imine (C=N–C) groups is 1. The summed E-state index contributed by atoms with van der Waals surface area (Å²) in [6.45, 7) is 2.68. The Balaban J connectivity index is 2.61. The van der Waals surface area contributed by atoms with Gasteiger partial charge in [-0.05, 0) is 31.0 Å². The van der Waals surface area contributed by atoms with Crippen LogP contribution in [0.5, 0.6) is 11.5 Å². The van der Waals surface area contributed by atoms with Crippen LogP contribution in [-0.2, 0) is 6.42 Å². The summed E-state index contributed by atoms with van der Waals surface area (Å²) >= 11 is 0. The third-order valence-corrected chi connectivity index (χ3v) is 2.32. The van der Waals surface area contributed by atoms with Crippen molar-refractivity contribution in [3.63, 3.8) is 0 Å². The quantitative estimate of drug-likeness (QED) is 0.589. The van der Waals surface area contributed by atoms with Crippen LogP contribution in [0.2, 0.25) is 0 Å². The lowest BCUT2D eigenvalue weighted by molar-refractivity contribution is 0.403. The first kappa shape index (κ1) is 8.10. The van der Waals surface area contributed by atoms with Crippen molar-refractivity contribution in [1.82, 2.24) is 0 Å². The molecule has 0 aromatic heterocycles. The van der Waals surface area contributed by atoms with Gasteiger partial charge in [0.05, 0.1) is 0 Å². The van der Waals surface area contributed by atoms with E-state index in [1.807, 2.05) is 6.92 Å². The van der Waals surface area contributed by atoms with E-state index in [0.29, 0.717) is 0 Å². The van der Waals surface area contributed by atoms with Gasteiger partial charge in [0.25, 0.3) is 0 Å². The Bertz CT molecular complexity index is 383. The lowest BCUT2D eigenvalue weighted by Crippen LogP contribution is -2.09. The fourth-order valence-corrected chi connectivity index (χ4v) is 1.59. The van der Waals surface area contributed by atoms with E-state index >= 15 is 0 Å². The summed E-state index contributed by atoms with van der Waals surface area (Å²) in [5.41, 5.74) is 2.93. The van der Waals surface area contributed by atoms with Crippen molar-refractivity contribution in [3.8, 4) is 11.5 Å². The van der Waals surface area contributed by atoms with Crippen molar-refractivity contribution in [2.24, 2.45) is 4.99 Å². The van der Waals surface area contributed by atoms with E-state index in [0.717, 1.165) is 29.8 Å². The Labute approximate surface area is 76.4 Å². The van der Waals surface area contributed by atoms with Crippen molar-refractivity contribution in [3.05, 3.63) is 23.3 Å². The molecule has 68 valence electrons. The third-order valence-electron chi connectivity index (χ3n) is 2.32. The number of fused-ring (bicyclic) bond motifs is 1. The van der Waals surface area contributed by atoms with E-state index in [9.17, 15) is 10.2 Å². The first-order valence-electron chi connectivity index (χ1n) is 4.25. The van der Waals surface area contributed by atoms with Gasteiger partial charge in [-0.15, -0.1) is 0 Å². The molecule has 3 nitrogen and oxygen atoms in total. The highest BCUT2D eigenvalue weighted by Gasteiger charge is 2.13. The van der Waals surface area contributed by atoms with Gasteiger partial charge in [-0.3, -0.25) is 4.99 Å². The van der Waals surface area contributed by atoms with Gasteiger partial charge >= 0.3 is 0 Å². The minimum atomic E-state index is -0.0739. The first-order chi connectivity index (χ1) is 6.18. The van der Waals surface area contributed by atoms with Crippen LogP contribution in [0, 0.1) is 0 Å². The van der Waals surface area contributed by atoms with Crippen molar-refractivity contribution < 1.29 is 10.2 Å². The number of phenols is 2. The SMILES string of the molecule is CC1=NCCc2cc(O)c(O)cc21. The number of rotatable bonds is 0. The Hall–Kier alpha value is -1.51. The summed E-state index contributed by atoms with van der Waals surface area (Å²) in [6.07, 6.45) is 0.834. The van der Waals surface area contributed by atoms with Gasteiger partial charge in [-0.2, -0.15) is 0 Å². The predicted molar refractivity (Wildman–Crippen MR) is 50.6 cm³/mol. The zero-order valence-corrected chi connectivity index (χ0v) is 7.41. The van der Waals surface area contributed by atoms with Crippen molar-refractivity contribution >= 4 is 5.71 Å². The second-order valence-corrected chi connectivity index (χ2v) is 3.22. The minimum absolute atomic E-state index is 0.0477. The molecular formula is C10H11NO2. The number of phenolic OH excluding ortho intramolecular Hbond substituents is 2. The van der Waals surface area contributed by atoms with Gasteiger partial charge in [-0.1, -0.05) is 0 Å². The molecule has 1 aromatic carbocycles. The lowest BCUT2D eigenvalue weighted by Gasteiger charge is -2.14. The molecule has 0 spiro atoms. The molecule has 2 N–H and O–H groups in total. The highest BCUT2D eigenvalue weighted by atomic mass is 16.3. The van der Waals surface area contributed by atoms with Gasteiger partial charge in [0, 0.05) is 17.8 Å². The van der Waals surface area contributed by atoms with Crippen LogP contribution in [0.3, 0.4) is 0 Å². The molecular weight excluding hydrogens is 166 g/mol. The standard InChI is InChI=1S/C10H11NO2/c1-6-8-5-10(13)9(12)4-7(8)2-3-11-6/h4-5,12-13H,2-3H2,1H3. The van der Waals surface area contributed by atoms with Crippen LogP contribution < -0.4 is 0 Å². The smallest absolute Gasteiger partial charge is 0.158 e. The summed E-state index contributed by atoms with van der Waals surface area (Å²) in [6, 6.07) is 3.19. The van der Waals surface area contributed by atoms with E-state index in [1.165, 1.54) is 0 Å². The molecule has 3 heteroatoms. The Morgan fingerprint density at radius 2 is 1.92 bits per heavy atom. The molecule has 0 saturated heterocycles. The van der Waals surface area contributed by atoms with Crippen molar-refractivity contribution in [2.75, 3.05) is 6.54 Å². The monoisotopic (exact) mass is 177 g/mol. The van der Waals surface area contributed by atoms with Gasteiger partial charge < -0.3 is 10.2 Å². The molecule has 0 bridgehead atoms. The highest BCUT2D eigenvalue weighted by molar-refractivity contribution is 6.01. The van der Waals surface area contributed by atoms with E-state index in [4.69, 9.17) is 0 Å². The second-order valence-electron chi connectivity index (χ2n) is 3.22. The molecule has 0 radical (unpaired) electrons. The van der Waals surface area contributed by atoms with Crippen LogP contribution in [0.1, 0.15) is 18.1 Å². The fraction of sp³-hybridized carbons (Fsp3) is 0.300. The molecule has 0 atom stereocenters. The summed E-state index contributed by atoms with van der Waals surface area (Å²) in [5.74, 6) is -0.122. The maximum atomic E-state index is 9.29. The molecule has 2 rings (SSSR count). The molecule has 1 aliphatic rings. The summed E-state index contributed by atoms with van der Waals surface area (Å²) in [7, 11) is 0. The van der Waals surface area contributed by atoms with Gasteiger partial charge in [0.15, 0.2) is 11.5 Å².